The van der Waals surface area contributed by atoms with Crippen LogP contribution in [0.1, 0.15) is 26.7 Å². The van der Waals surface area contributed by atoms with Crippen molar-refractivity contribution in [2.45, 2.75) is 37.6 Å². The summed E-state index contributed by atoms with van der Waals surface area (Å²) in [6.45, 7) is 3.92. The highest BCUT2D eigenvalue weighted by Crippen LogP contribution is 2.19. The molecule has 5 nitrogen and oxygen atoms in total. The van der Waals surface area contributed by atoms with Crippen LogP contribution in [0.3, 0.4) is 0 Å². The largest absolute Gasteiger partial charge is 0.384 e. The summed E-state index contributed by atoms with van der Waals surface area (Å²) in [7, 11) is -1.88. The van der Waals surface area contributed by atoms with Crippen LogP contribution in [-0.2, 0) is 10.0 Å². The highest BCUT2D eigenvalue weighted by atomic mass is 32.2. The molecule has 1 aromatic heterocycles. The van der Waals surface area contributed by atoms with E-state index in [1.165, 1.54) is 22.6 Å². The first-order valence-electron chi connectivity index (χ1n) is 5.59. The molecule has 1 rings (SSSR count). The third-order valence-corrected chi connectivity index (χ3v) is 4.72. The van der Waals surface area contributed by atoms with Gasteiger partial charge >= 0.3 is 0 Å². The molecule has 0 radical (unpaired) electrons. The van der Waals surface area contributed by atoms with Gasteiger partial charge < -0.3 is 5.73 Å². The molecule has 17 heavy (non-hydrogen) atoms. The lowest BCUT2D eigenvalue weighted by Crippen LogP contribution is -2.35. The normalized spacial score (nSPS) is 13.9. The van der Waals surface area contributed by atoms with Crippen molar-refractivity contribution in [3.05, 3.63) is 18.3 Å². The van der Waals surface area contributed by atoms with Gasteiger partial charge in [0.1, 0.15) is 5.82 Å². The van der Waals surface area contributed by atoms with Crippen molar-refractivity contribution in [3.8, 4) is 0 Å². The molecule has 96 valence electrons. The van der Waals surface area contributed by atoms with Gasteiger partial charge in [0.15, 0.2) is 0 Å². The summed E-state index contributed by atoms with van der Waals surface area (Å²) in [5.41, 5.74) is 5.50. The number of aromatic nitrogens is 1. The fourth-order valence-corrected chi connectivity index (χ4v) is 3.01. The number of nitrogen functional groups attached to an aromatic ring is 1. The van der Waals surface area contributed by atoms with Crippen molar-refractivity contribution in [1.29, 1.82) is 0 Å². The quantitative estimate of drug-likeness (QED) is 0.866. The number of nitrogens with two attached hydrogens (primary N) is 1. The number of anilines is 1. The summed E-state index contributed by atoms with van der Waals surface area (Å²) in [6.07, 6.45) is 3.18. The summed E-state index contributed by atoms with van der Waals surface area (Å²) in [4.78, 5) is 3.98. The molecule has 0 aliphatic heterocycles. The van der Waals surface area contributed by atoms with Crippen molar-refractivity contribution >= 4 is 15.8 Å². The van der Waals surface area contributed by atoms with E-state index in [0.29, 0.717) is 0 Å². The summed E-state index contributed by atoms with van der Waals surface area (Å²) in [6, 6.07) is 2.81. The van der Waals surface area contributed by atoms with Crippen LogP contribution in [0, 0.1) is 0 Å². The molecule has 0 spiro atoms. The van der Waals surface area contributed by atoms with E-state index in [4.69, 9.17) is 5.73 Å². The van der Waals surface area contributed by atoms with Gasteiger partial charge in [0.2, 0.25) is 10.0 Å². The Hall–Kier alpha value is -1.14. The minimum Gasteiger partial charge on any atom is -0.384 e. The molecule has 1 unspecified atom stereocenters. The Morgan fingerprint density at radius 1 is 1.53 bits per heavy atom. The lowest BCUT2D eigenvalue weighted by atomic mass is 10.2. The molecule has 0 bridgehead atoms. The van der Waals surface area contributed by atoms with Crippen molar-refractivity contribution in [1.82, 2.24) is 9.29 Å². The first-order valence-corrected chi connectivity index (χ1v) is 7.03. The summed E-state index contributed by atoms with van der Waals surface area (Å²) < 4.78 is 25.9. The van der Waals surface area contributed by atoms with E-state index in [0.717, 1.165) is 12.8 Å². The lowest BCUT2D eigenvalue weighted by Gasteiger charge is -2.23. The first-order chi connectivity index (χ1) is 7.89. The SMILES string of the molecule is CCCC(C)N(C)S(=O)(=O)c1ccnc(N)c1. The Bertz CT molecular complexity index is 473. The van der Waals surface area contributed by atoms with Crippen molar-refractivity contribution in [2.24, 2.45) is 0 Å². The molecule has 0 saturated heterocycles. The third-order valence-electron chi connectivity index (χ3n) is 2.76. The third kappa shape index (κ3) is 3.17. The number of rotatable bonds is 5. The zero-order valence-electron chi connectivity index (χ0n) is 10.4. The smallest absolute Gasteiger partial charge is 0.243 e. The monoisotopic (exact) mass is 257 g/mol. The number of pyridine rings is 1. The molecule has 1 heterocycles. The zero-order chi connectivity index (χ0) is 13.1. The number of hydrogen-bond donors (Lipinski definition) is 1. The maximum Gasteiger partial charge on any atom is 0.243 e. The van der Waals surface area contributed by atoms with Crippen LogP contribution in [-0.4, -0.2) is 30.8 Å². The summed E-state index contributed by atoms with van der Waals surface area (Å²) >= 11 is 0. The second-order valence-corrected chi connectivity index (χ2v) is 6.07. The summed E-state index contributed by atoms with van der Waals surface area (Å²) in [5, 5.41) is 0. The Morgan fingerprint density at radius 3 is 2.71 bits per heavy atom. The molecule has 0 fully saturated rings. The number of hydrogen-bond acceptors (Lipinski definition) is 4. The van der Waals surface area contributed by atoms with Crippen LogP contribution >= 0.6 is 0 Å². The predicted molar refractivity (Wildman–Crippen MR) is 68.0 cm³/mol. The van der Waals surface area contributed by atoms with Gasteiger partial charge in [-0.15, -0.1) is 0 Å². The first kappa shape index (κ1) is 13.9. The second kappa shape index (κ2) is 5.46. The van der Waals surface area contributed by atoms with Crippen molar-refractivity contribution in [3.63, 3.8) is 0 Å². The number of nitrogens with zero attached hydrogens (tertiary/aromatic N) is 2. The molecule has 1 aromatic rings. The van der Waals surface area contributed by atoms with Gasteiger partial charge in [-0.05, 0) is 19.4 Å². The van der Waals surface area contributed by atoms with Gasteiger partial charge in [-0.2, -0.15) is 4.31 Å². The van der Waals surface area contributed by atoms with Crippen LogP contribution < -0.4 is 5.73 Å². The fraction of sp³-hybridized carbons (Fsp3) is 0.545. The highest BCUT2D eigenvalue weighted by Gasteiger charge is 2.24. The Balaban J connectivity index is 3.03. The molecular weight excluding hydrogens is 238 g/mol. The van der Waals surface area contributed by atoms with Crippen LogP contribution in [0.15, 0.2) is 23.2 Å². The molecule has 6 heteroatoms. The van der Waals surface area contributed by atoms with Crippen molar-refractivity contribution in [2.75, 3.05) is 12.8 Å². The van der Waals surface area contributed by atoms with E-state index >= 15 is 0 Å². The molecule has 0 amide bonds. The van der Waals surface area contributed by atoms with Crippen LogP contribution in [0.5, 0.6) is 0 Å². The van der Waals surface area contributed by atoms with Crippen molar-refractivity contribution < 1.29 is 8.42 Å². The molecule has 0 aliphatic carbocycles. The standard InChI is InChI=1S/C11H19N3O2S/c1-4-5-9(2)14(3)17(15,16)10-6-7-13-11(12)8-10/h6-9H,4-5H2,1-3H3,(H2,12,13). The minimum absolute atomic E-state index is 0.0283. The van der Waals surface area contributed by atoms with E-state index in [1.54, 1.807) is 7.05 Å². The van der Waals surface area contributed by atoms with Crippen LogP contribution in [0.2, 0.25) is 0 Å². The minimum atomic E-state index is -3.47. The molecule has 0 aliphatic rings. The van der Waals surface area contributed by atoms with E-state index in [-0.39, 0.29) is 16.8 Å². The predicted octanol–water partition coefficient (Wildman–Crippen LogP) is 1.47. The Morgan fingerprint density at radius 2 is 2.18 bits per heavy atom. The lowest BCUT2D eigenvalue weighted by molar-refractivity contribution is 0.368. The van der Waals surface area contributed by atoms with Gasteiger partial charge in [-0.3, -0.25) is 0 Å². The van der Waals surface area contributed by atoms with E-state index < -0.39 is 10.0 Å². The van der Waals surface area contributed by atoms with Gasteiger partial charge in [0.05, 0.1) is 4.90 Å². The van der Waals surface area contributed by atoms with Crippen LogP contribution in [0.4, 0.5) is 5.82 Å². The van der Waals surface area contributed by atoms with E-state index in [1.807, 2.05) is 13.8 Å². The second-order valence-electron chi connectivity index (χ2n) is 4.08. The zero-order valence-corrected chi connectivity index (χ0v) is 11.2. The van der Waals surface area contributed by atoms with Gasteiger partial charge in [-0.1, -0.05) is 13.3 Å². The van der Waals surface area contributed by atoms with E-state index in [2.05, 4.69) is 4.98 Å². The maximum atomic E-state index is 12.2. The Labute approximate surface area is 103 Å². The number of sulfonamides is 1. The molecule has 0 aromatic carbocycles. The average Bonchev–Trinajstić information content (AvgIpc) is 2.28. The van der Waals surface area contributed by atoms with Gasteiger partial charge in [0, 0.05) is 25.4 Å². The Kier molecular flexibility index (Phi) is 4.47. The van der Waals surface area contributed by atoms with Crippen LogP contribution in [0.25, 0.3) is 0 Å². The molecule has 0 saturated carbocycles. The van der Waals surface area contributed by atoms with E-state index in [9.17, 15) is 8.42 Å². The molecule has 2 N–H and O–H groups in total. The average molecular weight is 257 g/mol. The van der Waals surface area contributed by atoms with Gasteiger partial charge in [0.25, 0.3) is 0 Å². The highest BCUT2D eigenvalue weighted by molar-refractivity contribution is 7.89. The molecule has 1 atom stereocenters. The summed E-state index contributed by atoms with van der Waals surface area (Å²) in [5.74, 6) is 0.211. The topological polar surface area (TPSA) is 76.3 Å². The van der Waals surface area contributed by atoms with Gasteiger partial charge in [-0.25, -0.2) is 13.4 Å². The molecular formula is C11H19N3O2S. The maximum absolute atomic E-state index is 12.2. The fourth-order valence-electron chi connectivity index (χ4n) is 1.59.